The number of rotatable bonds is 8. The van der Waals surface area contributed by atoms with E-state index in [1.165, 1.54) is 0 Å². The van der Waals surface area contributed by atoms with E-state index in [4.69, 9.17) is 9.47 Å². The summed E-state index contributed by atoms with van der Waals surface area (Å²) in [5.41, 5.74) is 0.891. The SMILES string of the molecule is CCN1CCN(CC(=O)OC(C)(C)C)CCN(CC(=O)OC(C)(C)C)CCN(CC(=O)N2Cc3ccc(C(=O)O)cc3C2)CC1. The quantitative estimate of drug-likeness (QED) is 0.425. The van der Waals surface area contributed by atoms with E-state index in [-0.39, 0.29) is 43.0 Å². The first kappa shape index (κ1) is 36.4. The van der Waals surface area contributed by atoms with Gasteiger partial charge in [-0.25, -0.2) is 4.79 Å². The molecule has 0 aliphatic carbocycles. The lowest BCUT2D eigenvalue weighted by atomic mass is 10.1. The average molecular weight is 632 g/mol. The van der Waals surface area contributed by atoms with Crippen molar-refractivity contribution in [2.24, 2.45) is 0 Å². The van der Waals surface area contributed by atoms with Gasteiger partial charge in [0.1, 0.15) is 11.2 Å². The lowest BCUT2D eigenvalue weighted by Gasteiger charge is -2.34. The smallest absolute Gasteiger partial charge is 0.335 e. The molecule has 12 heteroatoms. The van der Waals surface area contributed by atoms with Gasteiger partial charge in [0.15, 0.2) is 0 Å². The van der Waals surface area contributed by atoms with E-state index in [2.05, 4.69) is 21.6 Å². The molecule has 2 aliphatic heterocycles. The molecule has 252 valence electrons. The van der Waals surface area contributed by atoms with E-state index in [1.807, 2.05) is 46.4 Å². The van der Waals surface area contributed by atoms with Gasteiger partial charge in [-0.1, -0.05) is 13.0 Å². The first-order valence-corrected chi connectivity index (χ1v) is 16.0. The minimum Gasteiger partial charge on any atom is -0.478 e. The molecule has 3 rings (SSSR count). The zero-order valence-corrected chi connectivity index (χ0v) is 28.3. The monoisotopic (exact) mass is 631 g/mol. The van der Waals surface area contributed by atoms with Crippen molar-refractivity contribution in [3.63, 3.8) is 0 Å². The highest BCUT2D eigenvalue weighted by molar-refractivity contribution is 5.88. The molecular formula is C33H53N5O7. The number of fused-ring (bicyclic) bond motifs is 1. The van der Waals surface area contributed by atoms with Crippen molar-refractivity contribution in [1.82, 2.24) is 24.5 Å². The molecule has 1 aromatic carbocycles. The summed E-state index contributed by atoms with van der Waals surface area (Å²) in [6.45, 7) is 20.4. The maximum absolute atomic E-state index is 13.5. The molecule has 0 unspecified atom stereocenters. The van der Waals surface area contributed by atoms with E-state index in [1.54, 1.807) is 23.1 Å². The van der Waals surface area contributed by atoms with Crippen LogP contribution in [-0.2, 0) is 36.9 Å². The number of likely N-dealkylation sites (N-methyl/N-ethyl adjacent to an activating group) is 1. The van der Waals surface area contributed by atoms with Gasteiger partial charge in [0.2, 0.25) is 5.91 Å². The van der Waals surface area contributed by atoms with Crippen LogP contribution >= 0.6 is 0 Å². The summed E-state index contributed by atoms with van der Waals surface area (Å²) in [6, 6.07) is 5.03. The van der Waals surface area contributed by atoms with Crippen LogP contribution in [-0.4, -0.2) is 143 Å². The Bertz CT molecular complexity index is 1190. The lowest BCUT2D eigenvalue weighted by Crippen LogP contribution is -2.49. The molecule has 0 spiro atoms. The molecule has 0 atom stereocenters. The summed E-state index contributed by atoms with van der Waals surface area (Å²) in [5.74, 6) is -1.58. The van der Waals surface area contributed by atoms with Crippen LogP contribution in [0.25, 0.3) is 0 Å². The van der Waals surface area contributed by atoms with E-state index < -0.39 is 17.2 Å². The Labute approximate surface area is 268 Å². The lowest BCUT2D eigenvalue weighted by molar-refractivity contribution is -0.158. The predicted molar refractivity (Wildman–Crippen MR) is 171 cm³/mol. The average Bonchev–Trinajstić information content (AvgIpc) is 3.34. The first-order valence-electron chi connectivity index (χ1n) is 16.0. The molecule has 1 aromatic rings. The zero-order chi connectivity index (χ0) is 33.4. The molecule has 2 heterocycles. The number of carbonyl (C=O) groups is 4. The number of amides is 1. The number of ether oxygens (including phenoxy) is 2. The van der Waals surface area contributed by atoms with Crippen molar-refractivity contribution in [3.05, 3.63) is 34.9 Å². The Morgan fingerprint density at radius 3 is 1.51 bits per heavy atom. The number of nitrogens with zero attached hydrogens (tertiary/aromatic N) is 5. The largest absolute Gasteiger partial charge is 0.478 e. The highest BCUT2D eigenvalue weighted by Gasteiger charge is 2.27. The second kappa shape index (κ2) is 16.0. The van der Waals surface area contributed by atoms with Crippen LogP contribution in [0, 0.1) is 0 Å². The number of benzene rings is 1. The van der Waals surface area contributed by atoms with Crippen molar-refractivity contribution in [1.29, 1.82) is 0 Å². The van der Waals surface area contributed by atoms with Gasteiger partial charge in [-0.15, -0.1) is 0 Å². The van der Waals surface area contributed by atoms with Gasteiger partial charge in [-0.05, 0) is 71.3 Å². The molecule has 1 N–H and O–H groups in total. The molecule has 0 aromatic heterocycles. The summed E-state index contributed by atoms with van der Waals surface area (Å²) >= 11 is 0. The number of esters is 2. The van der Waals surface area contributed by atoms with E-state index in [0.717, 1.165) is 30.8 Å². The third kappa shape index (κ3) is 12.7. The third-order valence-electron chi connectivity index (χ3n) is 7.81. The number of hydrogen-bond donors (Lipinski definition) is 1. The normalized spacial score (nSPS) is 18.5. The van der Waals surface area contributed by atoms with Crippen LogP contribution in [0.4, 0.5) is 0 Å². The van der Waals surface area contributed by atoms with Crippen molar-refractivity contribution >= 4 is 23.8 Å². The molecule has 0 radical (unpaired) electrons. The van der Waals surface area contributed by atoms with Crippen LogP contribution < -0.4 is 0 Å². The van der Waals surface area contributed by atoms with Gasteiger partial charge in [-0.2, -0.15) is 0 Å². The van der Waals surface area contributed by atoms with Crippen molar-refractivity contribution in [2.45, 2.75) is 72.8 Å². The summed E-state index contributed by atoms with van der Waals surface area (Å²) in [6.07, 6.45) is 0. The Morgan fingerprint density at radius 2 is 1.09 bits per heavy atom. The maximum Gasteiger partial charge on any atom is 0.335 e. The number of carboxylic acids is 1. The summed E-state index contributed by atoms with van der Waals surface area (Å²) < 4.78 is 11.2. The Morgan fingerprint density at radius 1 is 0.667 bits per heavy atom. The second-order valence-electron chi connectivity index (χ2n) is 14.0. The predicted octanol–water partition coefficient (Wildman–Crippen LogP) is 2.15. The van der Waals surface area contributed by atoms with Crippen molar-refractivity contribution in [2.75, 3.05) is 78.5 Å². The number of hydrogen-bond acceptors (Lipinski definition) is 10. The standard InChI is InChI=1S/C33H53N5O7/c1-8-34-11-13-35(22-28(39)38-20-26-10-9-25(31(42)43)19-27(26)21-38)15-16-37(24-30(41)45-33(5,6)7)18-17-36(14-12-34)23-29(40)44-32(2,3)4/h9-10,19H,8,11-18,20-24H2,1-7H3,(H,42,43). The van der Waals surface area contributed by atoms with Crippen molar-refractivity contribution in [3.8, 4) is 0 Å². The van der Waals surface area contributed by atoms with Crippen molar-refractivity contribution < 1.29 is 33.8 Å². The number of aromatic carboxylic acids is 1. The second-order valence-corrected chi connectivity index (χ2v) is 14.0. The van der Waals surface area contributed by atoms with E-state index in [9.17, 15) is 24.3 Å². The topological polar surface area (TPSA) is 123 Å². The minimum atomic E-state index is -0.980. The minimum absolute atomic E-state index is 0.0135. The van der Waals surface area contributed by atoms with E-state index >= 15 is 0 Å². The molecule has 1 fully saturated rings. The highest BCUT2D eigenvalue weighted by atomic mass is 16.6. The molecule has 1 amide bonds. The molecule has 45 heavy (non-hydrogen) atoms. The van der Waals surface area contributed by atoms with Crippen LogP contribution in [0.3, 0.4) is 0 Å². The Kier molecular flexibility index (Phi) is 12.9. The molecule has 1 saturated heterocycles. The summed E-state index contributed by atoms with van der Waals surface area (Å²) in [7, 11) is 0. The van der Waals surface area contributed by atoms with Gasteiger partial charge < -0.3 is 24.4 Å². The fourth-order valence-electron chi connectivity index (χ4n) is 5.48. The highest BCUT2D eigenvalue weighted by Crippen LogP contribution is 2.24. The van der Waals surface area contributed by atoms with Gasteiger partial charge in [0.25, 0.3) is 0 Å². The van der Waals surface area contributed by atoms with Crippen LogP contribution in [0.1, 0.15) is 70.0 Å². The molecule has 2 aliphatic rings. The molecule has 12 nitrogen and oxygen atoms in total. The van der Waals surface area contributed by atoms with Gasteiger partial charge in [-0.3, -0.25) is 29.1 Å². The van der Waals surface area contributed by atoms with Crippen LogP contribution in [0.15, 0.2) is 18.2 Å². The first-order chi connectivity index (χ1) is 21.0. The fraction of sp³-hybridized carbons (Fsp3) is 0.697. The van der Waals surface area contributed by atoms with E-state index in [0.29, 0.717) is 52.4 Å². The van der Waals surface area contributed by atoms with Gasteiger partial charge in [0, 0.05) is 65.4 Å². The number of carbonyl (C=O) groups excluding carboxylic acids is 3. The fourth-order valence-corrected chi connectivity index (χ4v) is 5.48. The molecule has 0 saturated carbocycles. The number of carboxylic acid groups (broad SMARTS) is 1. The van der Waals surface area contributed by atoms with Gasteiger partial charge >= 0.3 is 17.9 Å². The van der Waals surface area contributed by atoms with Crippen LogP contribution in [0.2, 0.25) is 0 Å². The third-order valence-corrected chi connectivity index (χ3v) is 7.81. The molecule has 0 bridgehead atoms. The molecular weight excluding hydrogens is 578 g/mol. The maximum atomic E-state index is 13.5. The summed E-state index contributed by atoms with van der Waals surface area (Å²) in [5, 5.41) is 9.36. The zero-order valence-electron chi connectivity index (χ0n) is 28.3. The summed E-state index contributed by atoms with van der Waals surface area (Å²) in [4.78, 5) is 60.8. The Hall–Kier alpha value is -3.06. The Balaban J connectivity index is 1.71. The van der Waals surface area contributed by atoms with Gasteiger partial charge in [0.05, 0.1) is 25.2 Å². The van der Waals surface area contributed by atoms with Crippen LogP contribution in [0.5, 0.6) is 0 Å².